The minimum absolute atomic E-state index is 0.0141. The van der Waals surface area contributed by atoms with Gasteiger partial charge in [0.15, 0.2) is 12.6 Å². The summed E-state index contributed by atoms with van der Waals surface area (Å²) in [7, 11) is 0. The van der Waals surface area contributed by atoms with Crippen LogP contribution in [0.3, 0.4) is 0 Å². The lowest BCUT2D eigenvalue weighted by Crippen LogP contribution is -2.57. The topological polar surface area (TPSA) is 333 Å². The summed E-state index contributed by atoms with van der Waals surface area (Å²) in [6, 6.07) is -0.848. The number of aliphatic hydroxyl groups excluding tert-OH is 6. The first kappa shape index (κ1) is 48.0. The third-order valence-corrected chi connectivity index (χ3v) is 8.74. The number of unbranched alkanes of at least 4 members (excludes halogenated alkanes) is 2. The summed E-state index contributed by atoms with van der Waals surface area (Å²) >= 11 is 0. The minimum Gasteiger partial charge on any atom is -0.388 e. The fourth-order valence-electron chi connectivity index (χ4n) is 5.50. The first-order chi connectivity index (χ1) is 26.0. The number of nitrogens with one attached hydrogen (secondary N) is 5. The van der Waals surface area contributed by atoms with Crippen LogP contribution in [0.4, 0.5) is 0 Å². The Kier molecular flexibility index (Phi) is 22.0. The Labute approximate surface area is 319 Å². The second kappa shape index (κ2) is 25.2. The lowest BCUT2D eigenvalue weighted by atomic mass is 10.0. The third kappa shape index (κ3) is 17.3. The number of nitrogens with two attached hydrogens (primary N) is 1. The Morgan fingerprint density at radius 1 is 0.618 bits per heavy atom. The van der Waals surface area contributed by atoms with E-state index in [1.807, 2.05) is 0 Å². The third-order valence-electron chi connectivity index (χ3n) is 8.74. The van der Waals surface area contributed by atoms with Crippen LogP contribution in [0.15, 0.2) is 0 Å². The zero-order valence-electron chi connectivity index (χ0n) is 31.6. The van der Waals surface area contributed by atoms with Crippen LogP contribution in [0.5, 0.6) is 0 Å². The second-order valence-electron chi connectivity index (χ2n) is 13.4. The average molecular weight is 796 g/mol. The van der Waals surface area contributed by atoms with E-state index < -0.39 is 85.2 Å². The molecule has 0 saturated carbocycles. The van der Waals surface area contributed by atoms with Crippen molar-refractivity contribution in [1.82, 2.24) is 31.5 Å². The average Bonchev–Trinajstić information content (AvgIpc) is 3.14. The van der Waals surface area contributed by atoms with Crippen LogP contribution in [-0.4, -0.2) is 198 Å². The predicted molar refractivity (Wildman–Crippen MR) is 190 cm³/mol. The van der Waals surface area contributed by atoms with Crippen LogP contribution in [0, 0.1) is 0 Å². The smallest absolute Gasteiger partial charge is 0.238 e. The highest BCUT2D eigenvalue weighted by Gasteiger charge is 2.43. The number of carbonyl (C=O) groups excluding carboxylic acids is 5. The number of carbonyl (C=O) groups is 5. The summed E-state index contributed by atoms with van der Waals surface area (Å²) in [6.07, 6.45) is -10.8. The molecule has 0 unspecified atom stereocenters. The Morgan fingerprint density at radius 3 is 1.53 bits per heavy atom. The number of rotatable bonds is 24. The van der Waals surface area contributed by atoms with Crippen LogP contribution < -0.4 is 32.3 Å². The predicted octanol–water partition coefficient (Wildman–Crippen LogP) is -6.53. The van der Waals surface area contributed by atoms with Gasteiger partial charge >= 0.3 is 0 Å². The van der Waals surface area contributed by atoms with Gasteiger partial charge in [-0.05, 0) is 33.6 Å². The monoisotopic (exact) mass is 795 g/mol. The summed E-state index contributed by atoms with van der Waals surface area (Å²) in [5.74, 6) is -2.21. The standard InChI is InChI=1S/C33H61N7O15/c1-4-35-31(51)20(34)14-39-21(41)8-6-5-7-9-36-22(42)15-40(16-23(43)37-10-12-52-32-29(49)27(47)25(45)18(2)54-32)17-24(44)38-11-13-53-33-30(50)28(48)26(46)19(3)55-33/h18-20,25-30,32-33,45-50H,4-17,34H2,1-3H3,(H,35,51)(H,36,42)(H,37,43)(H,38,44)(H,39,41)/t18-,19-,20+,25+,26+,27+,28+,29-,30-,32+,33+/m0/s1. The molecule has 0 bridgehead atoms. The number of amides is 5. The molecular formula is C33H61N7O15. The molecule has 2 aliphatic rings. The molecule has 2 rings (SSSR count). The van der Waals surface area contributed by atoms with Gasteiger partial charge in [0.05, 0.1) is 45.1 Å². The molecule has 5 amide bonds. The number of ether oxygens (including phenoxy) is 4. The number of hydrogen-bond acceptors (Lipinski definition) is 17. The normalized spacial score (nSPS) is 28.6. The molecule has 22 heteroatoms. The van der Waals surface area contributed by atoms with Gasteiger partial charge in [-0.15, -0.1) is 0 Å². The van der Waals surface area contributed by atoms with Crippen molar-refractivity contribution in [3.8, 4) is 0 Å². The molecule has 2 aliphatic heterocycles. The fraction of sp³-hybridized carbons (Fsp3) is 0.848. The highest BCUT2D eigenvalue weighted by atomic mass is 16.7. The van der Waals surface area contributed by atoms with Crippen molar-refractivity contribution in [1.29, 1.82) is 0 Å². The highest BCUT2D eigenvalue weighted by Crippen LogP contribution is 2.22. The highest BCUT2D eigenvalue weighted by molar-refractivity contribution is 5.84. The Balaban J connectivity index is 1.80. The summed E-state index contributed by atoms with van der Waals surface area (Å²) in [5, 5.41) is 72.8. The number of likely N-dealkylation sites (N-methyl/N-ethyl adjacent to an activating group) is 1. The van der Waals surface area contributed by atoms with Gasteiger partial charge in [0.25, 0.3) is 0 Å². The molecule has 0 aromatic rings. The molecular weight excluding hydrogens is 734 g/mol. The van der Waals surface area contributed by atoms with Gasteiger partial charge in [-0.25, -0.2) is 0 Å². The van der Waals surface area contributed by atoms with Gasteiger partial charge in [0.2, 0.25) is 29.5 Å². The molecule has 318 valence electrons. The molecule has 2 saturated heterocycles. The van der Waals surface area contributed by atoms with Crippen LogP contribution in [-0.2, 0) is 42.9 Å². The van der Waals surface area contributed by atoms with Crippen molar-refractivity contribution < 1.29 is 73.6 Å². The van der Waals surface area contributed by atoms with Crippen molar-refractivity contribution >= 4 is 29.5 Å². The first-order valence-electron chi connectivity index (χ1n) is 18.5. The molecule has 0 aromatic heterocycles. The van der Waals surface area contributed by atoms with E-state index in [-0.39, 0.29) is 77.3 Å². The van der Waals surface area contributed by atoms with Gasteiger partial charge in [-0.1, -0.05) is 6.42 Å². The molecule has 2 fully saturated rings. The molecule has 0 radical (unpaired) electrons. The summed E-state index contributed by atoms with van der Waals surface area (Å²) < 4.78 is 21.5. The van der Waals surface area contributed by atoms with Crippen molar-refractivity contribution in [2.24, 2.45) is 5.73 Å². The van der Waals surface area contributed by atoms with Crippen LogP contribution >= 0.6 is 0 Å². The molecule has 2 heterocycles. The molecule has 22 nitrogen and oxygen atoms in total. The Hall–Kier alpha value is -3.13. The van der Waals surface area contributed by atoms with Gasteiger partial charge in [-0.3, -0.25) is 28.9 Å². The summed E-state index contributed by atoms with van der Waals surface area (Å²) in [4.78, 5) is 63.3. The van der Waals surface area contributed by atoms with E-state index in [9.17, 15) is 54.6 Å². The van der Waals surface area contributed by atoms with Gasteiger partial charge in [0.1, 0.15) is 42.7 Å². The van der Waals surface area contributed by atoms with Crippen molar-refractivity contribution in [2.45, 2.75) is 114 Å². The lowest BCUT2D eigenvalue weighted by Gasteiger charge is -2.38. The number of nitrogens with zero attached hydrogens (tertiary/aromatic N) is 1. The Morgan fingerprint density at radius 2 is 1.07 bits per heavy atom. The minimum atomic E-state index is -1.52. The summed E-state index contributed by atoms with van der Waals surface area (Å²) in [5.41, 5.74) is 5.72. The largest absolute Gasteiger partial charge is 0.388 e. The van der Waals surface area contributed by atoms with E-state index in [0.717, 1.165) is 0 Å². The zero-order chi connectivity index (χ0) is 41.1. The molecule has 0 spiro atoms. The zero-order valence-corrected chi connectivity index (χ0v) is 31.6. The molecule has 13 N–H and O–H groups in total. The van der Waals surface area contributed by atoms with Crippen LogP contribution in [0.2, 0.25) is 0 Å². The van der Waals surface area contributed by atoms with E-state index in [1.54, 1.807) is 6.92 Å². The SMILES string of the molecule is CCNC(=O)[C@H](N)CNC(=O)CCCCCNC(=O)CN(CC(=O)NCCO[C@@H]1O[C@@H](C)[C@@H](O)[C@@H](O)[C@@H]1O)CC(=O)NCCO[C@@H]1O[C@@H](C)[C@@H](O)[C@@H](O)[C@@H]1O. The van der Waals surface area contributed by atoms with Crippen molar-refractivity contribution in [3.05, 3.63) is 0 Å². The van der Waals surface area contributed by atoms with E-state index in [2.05, 4.69) is 26.6 Å². The molecule has 11 atom stereocenters. The fourth-order valence-corrected chi connectivity index (χ4v) is 5.50. The maximum Gasteiger partial charge on any atom is 0.238 e. The van der Waals surface area contributed by atoms with Crippen molar-refractivity contribution in [3.63, 3.8) is 0 Å². The maximum atomic E-state index is 12.8. The van der Waals surface area contributed by atoms with E-state index in [0.29, 0.717) is 25.8 Å². The lowest BCUT2D eigenvalue weighted by molar-refractivity contribution is -0.292. The maximum absolute atomic E-state index is 12.8. The quantitative estimate of drug-likeness (QED) is 0.0404. The molecule has 55 heavy (non-hydrogen) atoms. The second-order valence-corrected chi connectivity index (χ2v) is 13.4. The van der Waals surface area contributed by atoms with Gasteiger partial charge < -0.3 is 81.9 Å². The molecule has 0 aromatic carbocycles. The summed E-state index contributed by atoms with van der Waals surface area (Å²) in [6.45, 7) is 4.01. The number of hydrogen-bond donors (Lipinski definition) is 12. The van der Waals surface area contributed by atoms with Crippen LogP contribution in [0.25, 0.3) is 0 Å². The van der Waals surface area contributed by atoms with Gasteiger partial charge in [-0.2, -0.15) is 0 Å². The van der Waals surface area contributed by atoms with E-state index in [4.69, 9.17) is 24.7 Å². The molecule has 0 aliphatic carbocycles. The van der Waals surface area contributed by atoms with Crippen LogP contribution in [0.1, 0.15) is 46.5 Å². The Bertz CT molecular complexity index is 1150. The number of aliphatic hydroxyl groups is 6. The van der Waals surface area contributed by atoms with Gasteiger partial charge in [0, 0.05) is 39.1 Å². The van der Waals surface area contributed by atoms with E-state index in [1.165, 1.54) is 18.7 Å². The van der Waals surface area contributed by atoms with Crippen molar-refractivity contribution in [2.75, 3.05) is 65.6 Å². The van der Waals surface area contributed by atoms with E-state index >= 15 is 0 Å². The first-order valence-corrected chi connectivity index (χ1v) is 18.5.